The van der Waals surface area contributed by atoms with Gasteiger partial charge in [-0.1, -0.05) is 13.3 Å². The summed E-state index contributed by atoms with van der Waals surface area (Å²) in [6.07, 6.45) is 6.21. The molecule has 3 heterocycles. The van der Waals surface area contributed by atoms with Crippen molar-refractivity contribution in [3.05, 3.63) is 48.2 Å². The van der Waals surface area contributed by atoms with Gasteiger partial charge in [-0.2, -0.15) is 0 Å². The van der Waals surface area contributed by atoms with E-state index in [0.29, 0.717) is 16.9 Å². The third-order valence-electron chi connectivity index (χ3n) is 5.57. The number of oxazole rings is 1. The molecule has 7 heteroatoms. The van der Waals surface area contributed by atoms with Gasteiger partial charge in [-0.05, 0) is 43.5 Å². The van der Waals surface area contributed by atoms with Crippen LogP contribution in [0.5, 0.6) is 0 Å². The SMILES string of the molecule is CCCc1cc(C)c(-c2cc3cnc(NC(=O)[C@H]4C[C@H]4F)cc3c3ncoc23)cn1. The quantitative estimate of drug-likeness (QED) is 0.506. The number of carbonyl (C=O) groups is 1. The molecule has 30 heavy (non-hydrogen) atoms. The summed E-state index contributed by atoms with van der Waals surface area (Å²) in [5, 5.41) is 4.38. The molecule has 0 bridgehead atoms. The summed E-state index contributed by atoms with van der Waals surface area (Å²) in [5.41, 5.74) is 5.42. The van der Waals surface area contributed by atoms with Crippen LogP contribution in [-0.2, 0) is 11.2 Å². The number of nitrogens with one attached hydrogen (secondary N) is 1. The van der Waals surface area contributed by atoms with Gasteiger partial charge >= 0.3 is 0 Å². The van der Waals surface area contributed by atoms with Gasteiger partial charge in [0.2, 0.25) is 5.91 Å². The number of anilines is 1. The number of rotatable bonds is 5. The predicted molar refractivity (Wildman–Crippen MR) is 113 cm³/mol. The zero-order valence-corrected chi connectivity index (χ0v) is 16.8. The molecular weight excluding hydrogens is 383 g/mol. The van der Waals surface area contributed by atoms with Crippen LogP contribution in [-0.4, -0.2) is 27.0 Å². The topological polar surface area (TPSA) is 80.9 Å². The number of alkyl halides is 1. The van der Waals surface area contributed by atoms with Gasteiger partial charge in [0, 0.05) is 40.0 Å². The molecule has 3 aromatic heterocycles. The molecule has 1 amide bonds. The van der Waals surface area contributed by atoms with Crippen LogP contribution in [0.3, 0.4) is 0 Å². The second-order valence-corrected chi connectivity index (χ2v) is 7.83. The van der Waals surface area contributed by atoms with Crippen molar-refractivity contribution in [3.8, 4) is 11.1 Å². The Morgan fingerprint density at radius 2 is 2.03 bits per heavy atom. The lowest BCUT2D eigenvalue weighted by molar-refractivity contribution is -0.117. The van der Waals surface area contributed by atoms with Crippen molar-refractivity contribution in [2.45, 2.75) is 39.3 Å². The number of aryl methyl sites for hydroxylation is 2. The van der Waals surface area contributed by atoms with Crippen molar-refractivity contribution in [2.24, 2.45) is 5.92 Å². The Labute approximate surface area is 172 Å². The number of carbonyl (C=O) groups excluding carboxylic acids is 1. The second-order valence-electron chi connectivity index (χ2n) is 7.83. The Hall–Kier alpha value is -3.35. The van der Waals surface area contributed by atoms with Crippen LogP contribution in [0.25, 0.3) is 33.0 Å². The number of hydrogen-bond donors (Lipinski definition) is 1. The van der Waals surface area contributed by atoms with E-state index in [9.17, 15) is 9.18 Å². The van der Waals surface area contributed by atoms with Crippen LogP contribution in [0, 0.1) is 12.8 Å². The fraction of sp³-hybridized carbons (Fsp3) is 0.304. The number of amides is 1. The van der Waals surface area contributed by atoms with E-state index in [1.807, 2.05) is 12.3 Å². The van der Waals surface area contributed by atoms with Gasteiger partial charge in [0.25, 0.3) is 0 Å². The van der Waals surface area contributed by atoms with Crippen LogP contribution < -0.4 is 5.32 Å². The molecule has 0 unspecified atom stereocenters. The van der Waals surface area contributed by atoms with Crippen molar-refractivity contribution >= 4 is 33.6 Å². The van der Waals surface area contributed by atoms with E-state index >= 15 is 0 Å². The third-order valence-corrected chi connectivity index (χ3v) is 5.57. The van der Waals surface area contributed by atoms with Crippen molar-refractivity contribution in [3.63, 3.8) is 0 Å². The van der Waals surface area contributed by atoms with Crippen molar-refractivity contribution in [1.29, 1.82) is 0 Å². The maximum atomic E-state index is 13.1. The Bertz CT molecular complexity index is 1280. The largest absolute Gasteiger partial charge is 0.443 e. The highest BCUT2D eigenvalue weighted by atomic mass is 19.1. The normalized spacial score (nSPS) is 18.1. The number of fused-ring (bicyclic) bond motifs is 3. The monoisotopic (exact) mass is 404 g/mol. The van der Waals surface area contributed by atoms with Gasteiger partial charge in [0.1, 0.15) is 17.5 Å². The molecule has 0 saturated heterocycles. The molecule has 0 spiro atoms. The molecular formula is C23H21FN4O2. The molecule has 1 fully saturated rings. The van der Waals surface area contributed by atoms with E-state index in [0.717, 1.165) is 46.0 Å². The highest BCUT2D eigenvalue weighted by Gasteiger charge is 2.43. The number of hydrogen-bond acceptors (Lipinski definition) is 5. The molecule has 1 saturated carbocycles. The first-order valence-corrected chi connectivity index (χ1v) is 10.1. The van der Waals surface area contributed by atoms with Crippen LogP contribution in [0.15, 0.2) is 41.4 Å². The van der Waals surface area contributed by atoms with Gasteiger partial charge in [0.15, 0.2) is 12.0 Å². The van der Waals surface area contributed by atoms with Crippen LogP contribution in [0.4, 0.5) is 10.2 Å². The summed E-state index contributed by atoms with van der Waals surface area (Å²) >= 11 is 0. The number of aromatic nitrogens is 3. The number of nitrogens with zero attached hydrogens (tertiary/aromatic N) is 3. The number of halogens is 1. The molecule has 1 aliphatic carbocycles. The molecule has 1 aliphatic rings. The zero-order valence-electron chi connectivity index (χ0n) is 16.8. The van der Waals surface area contributed by atoms with E-state index in [1.165, 1.54) is 6.39 Å². The third kappa shape index (κ3) is 3.20. The molecule has 0 aliphatic heterocycles. The first-order chi connectivity index (χ1) is 14.5. The molecule has 5 rings (SSSR count). The van der Waals surface area contributed by atoms with Crippen molar-refractivity contribution < 1.29 is 13.6 Å². The summed E-state index contributed by atoms with van der Waals surface area (Å²) in [6.45, 7) is 4.20. The fourth-order valence-electron chi connectivity index (χ4n) is 3.85. The van der Waals surface area contributed by atoms with Crippen LogP contribution in [0.1, 0.15) is 31.0 Å². The van der Waals surface area contributed by atoms with Gasteiger partial charge in [-0.3, -0.25) is 9.78 Å². The number of benzene rings is 1. The van der Waals surface area contributed by atoms with E-state index in [-0.39, 0.29) is 12.3 Å². The Morgan fingerprint density at radius 1 is 1.20 bits per heavy atom. The zero-order chi connectivity index (χ0) is 20.8. The fourth-order valence-corrected chi connectivity index (χ4v) is 3.85. The summed E-state index contributed by atoms with van der Waals surface area (Å²) < 4.78 is 18.9. The second kappa shape index (κ2) is 7.16. The van der Waals surface area contributed by atoms with Gasteiger partial charge < -0.3 is 9.73 Å². The highest BCUT2D eigenvalue weighted by Crippen LogP contribution is 2.37. The molecule has 1 aromatic carbocycles. The minimum Gasteiger partial charge on any atom is -0.443 e. The van der Waals surface area contributed by atoms with E-state index < -0.39 is 12.1 Å². The Kier molecular flexibility index (Phi) is 4.46. The van der Waals surface area contributed by atoms with E-state index in [1.54, 1.807) is 12.3 Å². The van der Waals surface area contributed by atoms with E-state index in [4.69, 9.17) is 4.42 Å². The first kappa shape index (κ1) is 18.7. The van der Waals surface area contributed by atoms with E-state index in [2.05, 4.69) is 40.2 Å². The van der Waals surface area contributed by atoms with Crippen molar-refractivity contribution in [2.75, 3.05) is 5.32 Å². The molecule has 6 nitrogen and oxygen atoms in total. The lowest BCUT2D eigenvalue weighted by atomic mass is 9.97. The summed E-state index contributed by atoms with van der Waals surface area (Å²) in [7, 11) is 0. The average molecular weight is 404 g/mol. The highest BCUT2D eigenvalue weighted by molar-refractivity contribution is 6.10. The van der Waals surface area contributed by atoms with Crippen LogP contribution in [0.2, 0.25) is 0 Å². The molecule has 152 valence electrons. The first-order valence-electron chi connectivity index (χ1n) is 10.1. The molecule has 4 aromatic rings. The standard InChI is InChI=1S/C23H21FN4O2/c1-3-4-14-5-12(2)18(10-25-14)16-6-13-9-26-20(28-23(29)17-7-19(17)24)8-15(13)21-22(16)30-11-27-21/h5-6,8-11,17,19H,3-4,7H2,1-2H3,(H,26,28,29)/t17-,19+/m0/s1. The molecule has 0 radical (unpaired) electrons. The Morgan fingerprint density at radius 3 is 2.77 bits per heavy atom. The minimum atomic E-state index is -1.05. The van der Waals surface area contributed by atoms with Gasteiger partial charge in [-0.25, -0.2) is 14.4 Å². The number of pyridine rings is 2. The molecule has 2 atom stereocenters. The average Bonchev–Trinajstić information content (AvgIpc) is 3.26. The summed E-state index contributed by atoms with van der Waals surface area (Å²) in [5.74, 6) is -0.523. The smallest absolute Gasteiger partial charge is 0.231 e. The predicted octanol–water partition coefficient (Wildman–Crippen LogP) is 5.00. The minimum absolute atomic E-state index is 0.279. The lowest BCUT2D eigenvalue weighted by Crippen LogP contribution is -2.15. The van der Waals surface area contributed by atoms with Gasteiger partial charge in [-0.15, -0.1) is 0 Å². The maximum absolute atomic E-state index is 13.1. The van der Waals surface area contributed by atoms with Crippen LogP contribution >= 0.6 is 0 Å². The summed E-state index contributed by atoms with van der Waals surface area (Å²) in [6, 6.07) is 5.87. The maximum Gasteiger partial charge on any atom is 0.231 e. The lowest BCUT2D eigenvalue weighted by Gasteiger charge is -2.11. The van der Waals surface area contributed by atoms with Crippen molar-refractivity contribution in [1.82, 2.24) is 15.0 Å². The summed E-state index contributed by atoms with van der Waals surface area (Å²) in [4.78, 5) is 25.4. The molecule has 1 N–H and O–H groups in total. The van der Waals surface area contributed by atoms with Gasteiger partial charge in [0.05, 0.1) is 5.92 Å². The Balaban J connectivity index is 1.58.